The van der Waals surface area contributed by atoms with Gasteiger partial charge in [-0.25, -0.2) is 14.6 Å². The molecule has 0 saturated heterocycles. The van der Waals surface area contributed by atoms with Gasteiger partial charge in [-0.2, -0.15) is 0 Å². The average Bonchev–Trinajstić information content (AvgIpc) is 2.93. The molecule has 0 spiro atoms. The Labute approximate surface area is 120 Å². The molecule has 0 bridgehead atoms. The first-order chi connectivity index (χ1) is 10.1. The summed E-state index contributed by atoms with van der Waals surface area (Å²) in [5, 5.41) is 9.07. The Kier molecular flexibility index (Phi) is 4.22. The highest BCUT2D eigenvalue weighted by atomic mass is 16.5. The first-order valence-corrected chi connectivity index (χ1v) is 6.12. The Morgan fingerprint density at radius 3 is 2.48 bits per heavy atom. The van der Waals surface area contributed by atoms with Crippen molar-refractivity contribution in [2.75, 3.05) is 13.7 Å². The van der Waals surface area contributed by atoms with Gasteiger partial charge in [-0.15, -0.1) is 0 Å². The molecule has 0 unspecified atom stereocenters. The van der Waals surface area contributed by atoms with E-state index in [0.717, 1.165) is 0 Å². The van der Waals surface area contributed by atoms with Gasteiger partial charge in [-0.1, -0.05) is 0 Å². The minimum atomic E-state index is -1.36. The molecular weight excluding hydrogens is 278 g/mol. The SMILES string of the molecule is CCOC(=O)c1oc(-c2ccc(OC)cc2)nc1C(=O)O. The highest BCUT2D eigenvalue weighted by Gasteiger charge is 2.26. The molecule has 0 aliphatic heterocycles. The summed E-state index contributed by atoms with van der Waals surface area (Å²) in [6, 6.07) is 6.63. The van der Waals surface area contributed by atoms with Gasteiger partial charge in [0.05, 0.1) is 13.7 Å². The van der Waals surface area contributed by atoms with Crippen molar-refractivity contribution in [2.24, 2.45) is 0 Å². The summed E-state index contributed by atoms with van der Waals surface area (Å²) < 4.78 is 15.0. The van der Waals surface area contributed by atoms with Gasteiger partial charge in [0.1, 0.15) is 5.75 Å². The molecule has 2 rings (SSSR count). The molecule has 7 nitrogen and oxygen atoms in total. The third-order valence-corrected chi connectivity index (χ3v) is 2.63. The number of aromatic nitrogens is 1. The summed E-state index contributed by atoms with van der Waals surface area (Å²) in [5.41, 5.74) is 0.0492. The monoisotopic (exact) mass is 291 g/mol. The van der Waals surface area contributed by atoms with Crippen LogP contribution >= 0.6 is 0 Å². The zero-order valence-electron chi connectivity index (χ0n) is 11.5. The van der Waals surface area contributed by atoms with Gasteiger partial charge < -0.3 is 19.0 Å². The van der Waals surface area contributed by atoms with E-state index in [9.17, 15) is 9.59 Å². The van der Waals surface area contributed by atoms with Gasteiger partial charge in [0.25, 0.3) is 0 Å². The number of oxazole rings is 1. The molecule has 1 aromatic carbocycles. The van der Waals surface area contributed by atoms with E-state index in [1.54, 1.807) is 31.2 Å². The smallest absolute Gasteiger partial charge is 0.376 e. The van der Waals surface area contributed by atoms with Gasteiger partial charge in [0.15, 0.2) is 0 Å². The molecular formula is C14H13NO6. The number of esters is 1. The van der Waals surface area contributed by atoms with E-state index >= 15 is 0 Å². The van der Waals surface area contributed by atoms with E-state index in [1.165, 1.54) is 7.11 Å². The fourth-order valence-corrected chi connectivity index (χ4v) is 1.66. The lowest BCUT2D eigenvalue weighted by Gasteiger charge is -2.00. The van der Waals surface area contributed by atoms with Gasteiger partial charge in [0, 0.05) is 5.56 Å². The second kappa shape index (κ2) is 6.08. The fourth-order valence-electron chi connectivity index (χ4n) is 1.66. The molecule has 21 heavy (non-hydrogen) atoms. The molecule has 7 heteroatoms. The largest absolute Gasteiger partial charge is 0.497 e. The summed E-state index contributed by atoms with van der Waals surface area (Å²) in [6.07, 6.45) is 0. The summed E-state index contributed by atoms with van der Waals surface area (Å²) in [5.74, 6) is -1.98. The average molecular weight is 291 g/mol. The fraction of sp³-hybridized carbons (Fsp3) is 0.214. The van der Waals surface area contributed by atoms with Crippen LogP contribution in [0.3, 0.4) is 0 Å². The molecule has 0 radical (unpaired) electrons. The Hall–Kier alpha value is -2.83. The van der Waals surface area contributed by atoms with Crippen molar-refractivity contribution in [2.45, 2.75) is 6.92 Å². The van der Waals surface area contributed by atoms with Crippen LogP contribution in [-0.2, 0) is 4.74 Å². The van der Waals surface area contributed by atoms with Crippen molar-refractivity contribution in [3.8, 4) is 17.2 Å². The molecule has 0 amide bonds. The maximum absolute atomic E-state index is 11.7. The lowest BCUT2D eigenvalue weighted by Crippen LogP contribution is -2.09. The number of nitrogens with zero attached hydrogens (tertiary/aromatic N) is 1. The van der Waals surface area contributed by atoms with E-state index in [1.807, 2.05) is 0 Å². The second-order valence-electron chi connectivity index (χ2n) is 3.95. The predicted octanol–water partition coefficient (Wildman–Crippen LogP) is 2.23. The van der Waals surface area contributed by atoms with Crippen LogP contribution in [0.5, 0.6) is 5.75 Å². The van der Waals surface area contributed by atoms with Crippen LogP contribution in [-0.4, -0.2) is 35.7 Å². The van der Waals surface area contributed by atoms with E-state index in [4.69, 9.17) is 19.0 Å². The van der Waals surface area contributed by atoms with Crippen LogP contribution < -0.4 is 4.74 Å². The van der Waals surface area contributed by atoms with Gasteiger partial charge in [-0.3, -0.25) is 0 Å². The number of methoxy groups -OCH3 is 1. The number of carboxylic acids is 1. The minimum absolute atomic E-state index is 0.0260. The van der Waals surface area contributed by atoms with Crippen molar-refractivity contribution in [1.82, 2.24) is 4.98 Å². The van der Waals surface area contributed by atoms with Crippen molar-refractivity contribution < 1.29 is 28.6 Å². The molecule has 0 aliphatic carbocycles. The summed E-state index contributed by atoms with van der Waals surface area (Å²) in [4.78, 5) is 26.6. The molecule has 2 aromatic rings. The molecule has 1 aromatic heterocycles. The number of rotatable bonds is 5. The Bertz CT molecular complexity index is 659. The summed E-state index contributed by atoms with van der Waals surface area (Å²) >= 11 is 0. The van der Waals surface area contributed by atoms with Gasteiger partial charge in [-0.05, 0) is 31.2 Å². The standard InChI is InChI=1S/C14H13NO6/c1-3-20-14(18)11-10(13(16)17)15-12(21-11)8-4-6-9(19-2)7-5-8/h4-7H,3H2,1-2H3,(H,16,17). The Balaban J connectivity index is 2.42. The molecule has 1 heterocycles. The lowest BCUT2D eigenvalue weighted by atomic mass is 10.2. The number of hydrogen-bond acceptors (Lipinski definition) is 6. The van der Waals surface area contributed by atoms with Crippen LogP contribution in [0.15, 0.2) is 28.7 Å². The molecule has 110 valence electrons. The normalized spacial score (nSPS) is 10.2. The molecule has 0 aliphatic rings. The van der Waals surface area contributed by atoms with Crippen LogP contribution in [0.2, 0.25) is 0 Å². The molecule has 1 N–H and O–H groups in total. The van der Waals surface area contributed by atoms with E-state index in [-0.39, 0.29) is 12.5 Å². The number of carbonyl (C=O) groups excluding carboxylic acids is 1. The van der Waals surface area contributed by atoms with Crippen molar-refractivity contribution >= 4 is 11.9 Å². The zero-order valence-corrected chi connectivity index (χ0v) is 11.5. The third-order valence-electron chi connectivity index (χ3n) is 2.63. The van der Waals surface area contributed by atoms with Crippen molar-refractivity contribution in [3.05, 3.63) is 35.7 Å². The van der Waals surface area contributed by atoms with Crippen LogP contribution in [0.4, 0.5) is 0 Å². The van der Waals surface area contributed by atoms with Gasteiger partial charge in [0.2, 0.25) is 17.3 Å². The predicted molar refractivity (Wildman–Crippen MR) is 71.4 cm³/mol. The third kappa shape index (κ3) is 3.02. The van der Waals surface area contributed by atoms with Crippen LogP contribution in [0.25, 0.3) is 11.5 Å². The highest BCUT2D eigenvalue weighted by Crippen LogP contribution is 2.24. The van der Waals surface area contributed by atoms with E-state index in [0.29, 0.717) is 11.3 Å². The quantitative estimate of drug-likeness (QED) is 0.843. The number of hydrogen-bond donors (Lipinski definition) is 1. The number of benzene rings is 1. The first kappa shape index (κ1) is 14.6. The summed E-state index contributed by atoms with van der Waals surface area (Å²) in [6.45, 7) is 1.72. The number of ether oxygens (including phenoxy) is 2. The highest BCUT2D eigenvalue weighted by molar-refractivity contribution is 5.99. The number of carbonyl (C=O) groups is 2. The number of aromatic carboxylic acids is 1. The van der Waals surface area contributed by atoms with E-state index in [2.05, 4.69) is 4.98 Å². The van der Waals surface area contributed by atoms with Crippen LogP contribution in [0, 0.1) is 0 Å². The summed E-state index contributed by atoms with van der Waals surface area (Å²) in [7, 11) is 1.53. The van der Waals surface area contributed by atoms with Crippen molar-refractivity contribution in [1.29, 1.82) is 0 Å². The van der Waals surface area contributed by atoms with Crippen molar-refractivity contribution in [3.63, 3.8) is 0 Å². The molecule has 0 saturated carbocycles. The Morgan fingerprint density at radius 2 is 1.95 bits per heavy atom. The second-order valence-corrected chi connectivity index (χ2v) is 3.95. The maximum atomic E-state index is 11.7. The van der Waals surface area contributed by atoms with Crippen LogP contribution in [0.1, 0.15) is 28.0 Å². The zero-order chi connectivity index (χ0) is 15.4. The Morgan fingerprint density at radius 1 is 1.29 bits per heavy atom. The lowest BCUT2D eigenvalue weighted by molar-refractivity contribution is 0.0478. The molecule has 0 fully saturated rings. The van der Waals surface area contributed by atoms with E-state index < -0.39 is 23.4 Å². The molecule has 0 atom stereocenters. The maximum Gasteiger partial charge on any atom is 0.376 e. The first-order valence-electron chi connectivity index (χ1n) is 6.12. The number of carboxylic acid groups (broad SMARTS) is 1. The van der Waals surface area contributed by atoms with Gasteiger partial charge >= 0.3 is 11.9 Å². The topological polar surface area (TPSA) is 98.9 Å². The minimum Gasteiger partial charge on any atom is -0.497 e.